The lowest BCUT2D eigenvalue weighted by Gasteiger charge is -2.31. The minimum atomic E-state index is -2.35. The van der Waals surface area contributed by atoms with E-state index in [0.717, 1.165) is 15.9 Å². The first kappa shape index (κ1) is 30.4. The number of hydrogen-bond donors (Lipinski definition) is 1. The van der Waals surface area contributed by atoms with Crippen molar-refractivity contribution in [1.29, 1.82) is 0 Å². The largest absolute Gasteiger partial charge is 1.00 e. The minimum absolute atomic E-state index is 0. The van der Waals surface area contributed by atoms with Gasteiger partial charge in [-0.2, -0.15) is 0 Å². The SMILES string of the molecule is CC1=NC(C[P+](c2ccccc2)(c2ccccc2)c2ccccc2)(C(=O)O)N=C1.Cl.O.O.[Cl-]. The number of carbonyl (C=O) groups is 1. The summed E-state index contributed by atoms with van der Waals surface area (Å²) in [5.74, 6) is -1.02. The predicted molar refractivity (Wildman–Crippen MR) is 136 cm³/mol. The third-order valence-electron chi connectivity index (χ3n) is 5.22. The summed E-state index contributed by atoms with van der Waals surface area (Å²) in [6.45, 7) is 1.79. The summed E-state index contributed by atoms with van der Waals surface area (Å²) in [6, 6.07) is 30.6. The van der Waals surface area contributed by atoms with E-state index in [1.807, 2.05) is 54.6 Å². The Bertz CT molecular complexity index is 987. The van der Waals surface area contributed by atoms with Crippen LogP contribution in [0, 0.1) is 0 Å². The van der Waals surface area contributed by atoms with E-state index in [1.165, 1.54) is 0 Å². The first-order valence-electron chi connectivity index (χ1n) is 9.47. The van der Waals surface area contributed by atoms with Crippen LogP contribution >= 0.6 is 19.7 Å². The van der Waals surface area contributed by atoms with Gasteiger partial charge in [0.2, 0.25) is 0 Å². The van der Waals surface area contributed by atoms with E-state index in [4.69, 9.17) is 0 Å². The summed E-state index contributed by atoms with van der Waals surface area (Å²) >= 11 is 0. The maximum absolute atomic E-state index is 12.4. The van der Waals surface area contributed by atoms with Crippen LogP contribution in [0.3, 0.4) is 0 Å². The summed E-state index contributed by atoms with van der Waals surface area (Å²) in [7, 11) is -2.35. The Kier molecular flexibility index (Phi) is 11.6. The lowest BCUT2D eigenvalue weighted by molar-refractivity contribution is -0.141. The van der Waals surface area contributed by atoms with Gasteiger partial charge in [-0.15, -0.1) is 12.4 Å². The van der Waals surface area contributed by atoms with Crippen LogP contribution in [-0.2, 0) is 4.79 Å². The van der Waals surface area contributed by atoms with Crippen molar-refractivity contribution in [2.45, 2.75) is 12.6 Å². The molecule has 1 heterocycles. The molecule has 0 aromatic heterocycles. The summed E-state index contributed by atoms with van der Waals surface area (Å²) in [5.41, 5.74) is -0.876. The van der Waals surface area contributed by atoms with Crippen LogP contribution in [0.1, 0.15) is 6.92 Å². The van der Waals surface area contributed by atoms with E-state index in [0.29, 0.717) is 11.9 Å². The molecule has 33 heavy (non-hydrogen) atoms. The molecule has 0 aliphatic carbocycles. The van der Waals surface area contributed by atoms with E-state index < -0.39 is 18.9 Å². The van der Waals surface area contributed by atoms with Crippen molar-refractivity contribution < 1.29 is 33.3 Å². The molecule has 0 saturated carbocycles. The molecule has 4 rings (SSSR count). The van der Waals surface area contributed by atoms with Gasteiger partial charge in [0.05, 0.1) is 5.71 Å². The minimum Gasteiger partial charge on any atom is -1.00 e. The van der Waals surface area contributed by atoms with E-state index in [-0.39, 0.29) is 35.8 Å². The second-order valence-corrected chi connectivity index (χ2v) is 10.6. The van der Waals surface area contributed by atoms with Gasteiger partial charge in [-0.25, -0.2) is 14.8 Å². The molecule has 0 amide bonds. The van der Waals surface area contributed by atoms with Crippen LogP contribution in [0.15, 0.2) is 101 Å². The van der Waals surface area contributed by atoms with Crippen molar-refractivity contribution in [3.63, 3.8) is 0 Å². The molecule has 5 N–H and O–H groups in total. The Morgan fingerprint density at radius 2 is 1.18 bits per heavy atom. The zero-order valence-electron chi connectivity index (χ0n) is 17.9. The number of carboxylic acid groups (broad SMARTS) is 1. The van der Waals surface area contributed by atoms with Crippen LogP contribution in [0.2, 0.25) is 0 Å². The Hall–Kier alpha value is -2.60. The van der Waals surface area contributed by atoms with Crippen molar-refractivity contribution >= 4 is 53.5 Å². The van der Waals surface area contributed by atoms with Crippen molar-refractivity contribution in [2.24, 2.45) is 9.98 Å². The van der Waals surface area contributed by atoms with Crippen LogP contribution < -0.4 is 28.3 Å². The first-order valence-corrected chi connectivity index (χ1v) is 11.4. The fourth-order valence-corrected chi connectivity index (χ4v) is 8.33. The lowest BCUT2D eigenvalue weighted by atomic mass is 10.2. The molecule has 3 aromatic carbocycles. The van der Waals surface area contributed by atoms with Gasteiger partial charge in [-0.05, 0) is 43.3 Å². The number of rotatable bonds is 6. The van der Waals surface area contributed by atoms with E-state index >= 15 is 0 Å². The topological polar surface area (TPSA) is 125 Å². The molecule has 6 nitrogen and oxygen atoms in total. The van der Waals surface area contributed by atoms with Crippen LogP contribution in [0.4, 0.5) is 0 Å². The zero-order chi connectivity index (χ0) is 20.3. The normalized spacial score (nSPS) is 16.2. The molecule has 1 unspecified atom stereocenters. The number of halogens is 2. The number of aliphatic carboxylic acids is 1. The van der Waals surface area contributed by atoms with E-state index in [9.17, 15) is 9.90 Å². The number of carboxylic acids is 1. The molecule has 3 aromatic rings. The fourth-order valence-electron chi connectivity index (χ4n) is 3.90. The molecular weight excluding hydrogens is 482 g/mol. The highest BCUT2D eigenvalue weighted by Crippen LogP contribution is 2.58. The quantitative estimate of drug-likeness (QED) is 0.432. The Balaban J connectivity index is 0.00000256. The molecule has 176 valence electrons. The van der Waals surface area contributed by atoms with Crippen LogP contribution in [-0.4, -0.2) is 45.8 Å². The summed E-state index contributed by atoms with van der Waals surface area (Å²) in [6.07, 6.45) is 1.87. The van der Waals surface area contributed by atoms with Gasteiger partial charge in [-0.3, -0.25) is 0 Å². The Labute approximate surface area is 206 Å². The summed E-state index contributed by atoms with van der Waals surface area (Å²) < 4.78 is 0. The standard InChI is InChI=1S/C24H21N2O2P.2ClH.2H2O/c1-19-17-25-24(26-19,23(27)28)18-29(20-11-5-2-6-12-20,21-13-7-3-8-14-21)22-15-9-4-10-16-22;;;;/h2-17H,18H2,1H3;2*1H;2*1H2. The monoisotopic (exact) mass is 508 g/mol. The van der Waals surface area contributed by atoms with Gasteiger partial charge in [0.1, 0.15) is 29.3 Å². The molecule has 1 atom stereocenters. The number of nitrogens with zero attached hydrogens (tertiary/aromatic N) is 2. The van der Waals surface area contributed by atoms with Crippen molar-refractivity contribution in [1.82, 2.24) is 0 Å². The average Bonchev–Trinajstić information content (AvgIpc) is 3.16. The number of hydrogen-bond acceptors (Lipinski definition) is 3. The van der Waals surface area contributed by atoms with E-state index in [2.05, 4.69) is 46.4 Å². The number of aliphatic imine (C=N–C) groups is 2. The maximum Gasteiger partial charge on any atom is 0.358 e. The number of benzene rings is 3. The van der Waals surface area contributed by atoms with Gasteiger partial charge in [0, 0.05) is 6.21 Å². The first-order chi connectivity index (χ1) is 14.1. The second kappa shape index (κ2) is 12.6. The molecule has 0 fully saturated rings. The van der Waals surface area contributed by atoms with Crippen molar-refractivity contribution in [2.75, 3.05) is 6.16 Å². The van der Waals surface area contributed by atoms with Gasteiger partial charge in [0.15, 0.2) is 0 Å². The third-order valence-corrected chi connectivity index (χ3v) is 9.67. The predicted octanol–water partition coefficient (Wildman–Crippen LogP) is -0.917. The van der Waals surface area contributed by atoms with Gasteiger partial charge in [0.25, 0.3) is 5.66 Å². The maximum atomic E-state index is 12.4. The highest BCUT2D eigenvalue weighted by Gasteiger charge is 2.56. The Morgan fingerprint density at radius 1 is 0.818 bits per heavy atom. The molecule has 0 radical (unpaired) electrons. The van der Waals surface area contributed by atoms with Gasteiger partial charge in [-0.1, -0.05) is 54.6 Å². The smallest absolute Gasteiger partial charge is 0.358 e. The molecular formula is C24H27Cl2N2O4P. The van der Waals surface area contributed by atoms with Crippen molar-refractivity contribution in [3.05, 3.63) is 91.0 Å². The molecule has 0 bridgehead atoms. The third kappa shape index (κ3) is 5.67. The second-order valence-electron chi connectivity index (χ2n) is 7.11. The van der Waals surface area contributed by atoms with Crippen molar-refractivity contribution in [3.8, 4) is 0 Å². The molecule has 0 spiro atoms. The van der Waals surface area contributed by atoms with Crippen LogP contribution in [0.5, 0.6) is 0 Å². The molecule has 0 saturated heterocycles. The Morgan fingerprint density at radius 3 is 1.45 bits per heavy atom. The average molecular weight is 509 g/mol. The summed E-state index contributed by atoms with van der Waals surface area (Å²) in [5, 5.41) is 13.5. The molecule has 1 aliphatic rings. The highest BCUT2D eigenvalue weighted by atomic mass is 35.5. The van der Waals surface area contributed by atoms with Gasteiger partial charge >= 0.3 is 5.97 Å². The summed E-state index contributed by atoms with van der Waals surface area (Å²) in [4.78, 5) is 21.3. The highest BCUT2D eigenvalue weighted by molar-refractivity contribution is 7.95. The zero-order valence-corrected chi connectivity index (χ0v) is 20.4. The molecule has 9 heteroatoms. The fraction of sp³-hybridized carbons (Fsp3) is 0.125. The lowest BCUT2D eigenvalue weighted by Crippen LogP contribution is -3.00. The van der Waals surface area contributed by atoms with Crippen LogP contribution in [0.25, 0.3) is 0 Å². The van der Waals surface area contributed by atoms with Gasteiger partial charge < -0.3 is 28.5 Å². The molecule has 1 aliphatic heterocycles. The van der Waals surface area contributed by atoms with E-state index in [1.54, 1.807) is 13.1 Å².